The van der Waals surface area contributed by atoms with E-state index in [4.69, 9.17) is 0 Å². The predicted octanol–water partition coefficient (Wildman–Crippen LogP) is 2.52. The van der Waals surface area contributed by atoms with Gasteiger partial charge in [-0.05, 0) is 31.4 Å². The minimum Gasteiger partial charge on any atom is -0.478 e. The molecule has 0 spiro atoms. The van der Waals surface area contributed by atoms with E-state index in [1.54, 1.807) is 0 Å². The van der Waals surface area contributed by atoms with Gasteiger partial charge < -0.3 is 25.5 Å². The lowest BCUT2D eigenvalue weighted by atomic mass is 10.0. The minimum atomic E-state index is -1.36. The number of carbonyl (C=O) groups excluding carboxylic acids is 2. The Morgan fingerprint density at radius 2 is 1.97 bits per heavy atom. The highest BCUT2D eigenvalue weighted by atomic mass is 19.1. The highest BCUT2D eigenvalue weighted by molar-refractivity contribution is 6.05. The Kier molecular flexibility index (Phi) is 8.39. The maximum atomic E-state index is 14.2. The van der Waals surface area contributed by atoms with Gasteiger partial charge in [-0.2, -0.15) is 0 Å². The van der Waals surface area contributed by atoms with Crippen LogP contribution in [-0.2, 0) is 0 Å². The van der Waals surface area contributed by atoms with Gasteiger partial charge in [0.2, 0.25) is 0 Å². The number of fused-ring (bicyclic) bond motifs is 1. The van der Waals surface area contributed by atoms with Crippen molar-refractivity contribution in [3.8, 4) is 0 Å². The molecule has 2 aromatic rings. The Morgan fingerprint density at radius 3 is 2.66 bits per heavy atom. The number of carbonyl (C=O) groups is 3. The van der Waals surface area contributed by atoms with Crippen molar-refractivity contribution in [2.24, 2.45) is 5.92 Å². The topological polar surface area (TPSA) is 140 Å². The second-order valence-corrected chi connectivity index (χ2v) is 8.22. The van der Waals surface area contributed by atoms with Crippen molar-refractivity contribution in [1.29, 1.82) is 0 Å². The molecule has 12 heteroatoms. The third-order valence-electron chi connectivity index (χ3n) is 5.84. The Labute approximate surface area is 202 Å². The summed E-state index contributed by atoms with van der Waals surface area (Å²) in [6.45, 7) is 5.76. The molecule has 188 valence electrons. The maximum absolute atomic E-state index is 14.2. The van der Waals surface area contributed by atoms with Crippen LogP contribution in [0.5, 0.6) is 0 Å². The number of urea groups is 1. The maximum Gasteiger partial charge on any atom is 0.336 e. The summed E-state index contributed by atoms with van der Waals surface area (Å²) in [6, 6.07) is 3.19. The van der Waals surface area contributed by atoms with Crippen molar-refractivity contribution in [2.75, 3.05) is 48.5 Å². The van der Waals surface area contributed by atoms with Crippen molar-refractivity contribution in [1.82, 2.24) is 20.6 Å². The monoisotopic (exact) mass is 487 g/mol. The third-order valence-corrected chi connectivity index (χ3v) is 5.84. The smallest absolute Gasteiger partial charge is 0.336 e. The summed E-state index contributed by atoms with van der Waals surface area (Å²) in [7, 11) is 1.89. The average molecular weight is 488 g/mol. The summed E-state index contributed by atoms with van der Waals surface area (Å²) in [5.74, 6) is -1.79. The molecule has 1 aromatic heterocycles. The molecular formula is C23H30FN7O4. The van der Waals surface area contributed by atoms with E-state index in [0.29, 0.717) is 37.8 Å². The molecule has 1 aromatic carbocycles. The van der Waals surface area contributed by atoms with Gasteiger partial charge in [0.05, 0.1) is 17.8 Å². The largest absolute Gasteiger partial charge is 0.478 e. The van der Waals surface area contributed by atoms with Crippen molar-refractivity contribution >= 4 is 35.2 Å². The van der Waals surface area contributed by atoms with Crippen LogP contribution in [0.3, 0.4) is 0 Å². The number of carboxylic acids is 1. The number of hydrogen-bond acceptors (Lipinski definition) is 7. The number of aromatic carboxylic acids is 1. The van der Waals surface area contributed by atoms with Crippen molar-refractivity contribution < 1.29 is 23.9 Å². The van der Waals surface area contributed by atoms with E-state index in [2.05, 4.69) is 30.8 Å². The molecular weight excluding hydrogens is 457 g/mol. The SMILES string of the molecule is CCNC(=O)Nc1ncnc2c1N(C)CN2CCC(CC)CNC(=O)c1c(F)cccc1C(=O)O. The van der Waals surface area contributed by atoms with E-state index in [1.807, 2.05) is 25.8 Å². The molecule has 0 radical (unpaired) electrons. The molecule has 4 N–H and O–H groups in total. The summed E-state index contributed by atoms with van der Waals surface area (Å²) < 4.78 is 14.2. The minimum absolute atomic E-state index is 0.0723. The molecule has 2 heterocycles. The Hall–Kier alpha value is -3.96. The number of aromatic nitrogens is 2. The Morgan fingerprint density at radius 1 is 1.20 bits per heavy atom. The molecule has 3 amide bonds. The lowest BCUT2D eigenvalue weighted by Gasteiger charge is -2.22. The zero-order valence-corrected chi connectivity index (χ0v) is 20.0. The molecule has 1 unspecified atom stereocenters. The summed E-state index contributed by atoms with van der Waals surface area (Å²) in [5, 5.41) is 17.4. The van der Waals surface area contributed by atoms with E-state index < -0.39 is 23.3 Å². The number of nitrogens with zero attached hydrogens (tertiary/aromatic N) is 4. The van der Waals surface area contributed by atoms with Gasteiger partial charge in [0.25, 0.3) is 5.91 Å². The molecule has 1 aliphatic rings. The summed E-state index contributed by atoms with van der Waals surface area (Å²) in [4.78, 5) is 48.5. The van der Waals surface area contributed by atoms with Gasteiger partial charge in [0, 0.05) is 26.7 Å². The van der Waals surface area contributed by atoms with Gasteiger partial charge >= 0.3 is 12.0 Å². The number of amides is 3. The molecule has 0 aliphatic carbocycles. The predicted molar refractivity (Wildman–Crippen MR) is 129 cm³/mol. The highest BCUT2D eigenvalue weighted by Gasteiger charge is 2.29. The quantitative estimate of drug-likeness (QED) is 0.401. The molecule has 1 aliphatic heterocycles. The molecule has 0 saturated heterocycles. The van der Waals surface area contributed by atoms with Gasteiger partial charge in [-0.15, -0.1) is 0 Å². The molecule has 3 rings (SSSR count). The van der Waals surface area contributed by atoms with Crippen LogP contribution in [0.25, 0.3) is 0 Å². The van der Waals surface area contributed by atoms with Crippen LogP contribution in [-0.4, -0.2) is 66.3 Å². The molecule has 35 heavy (non-hydrogen) atoms. The van der Waals surface area contributed by atoms with Crippen molar-refractivity contribution in [3.05, 3.63) is 41.5 Å². The number of nitrogens with one attached hydrogen (secondary N) is 3. The Balaban J connectivity index is 1.63. The second-order valence-electron chi connectivity index (χ2n) is 8.22. The van der Waals surface area contributed by atoms with Crippen LogP contribution < -0.4 is 25.8 Å². The fourth-order valence-electron chi connectivity index (χ4n) is 3.97. The zero-order valence-electron chi connectivity index (χ0n) is 20.0. The summed E-state index contributed by atoms with van der Waals surface area (Å²) in [6.07, 6.45) is 2.86. The lowest BCUT2D eigenvalue weighted by Crippen LogP contribution is -2.34. The van der Waals surface area contributed by atoms with Crippen LogP contribution in [0, 0.1) is 11.7 Å². The highest BCUT2D eigenvalue weighted by Crippen LogP contribution is 2.38. The zero-order chi connectivity index (χ0) is 25.5. The van der Waals surface area contributed by atoms with Crippen LogP contribution in [0.15, 0.2) is 24.5 Å². The van der Waals surface area contributed by atoms with E-state index >= 15 is 0 Å². The Bertz CT molecular complexity index is 1100. The van der Waals surface area contributed by atoms with Crippen molar-refractivity contribution in [3.63, 3.8) is 0 Å². The van der Waals surface area contributed by atoms with E-state index in [0.717, 1.165) is 18.2 Å². The fraction of sp³-hybridized carbons (Fsp3) is 0.435. The van der Waals surface area contributed by atoms with E-state index in [9.17, 15) is 23.9 Å². The van der Waals surface area contributed by atoms with E-state index in [1.165, 1.54) is 18.5 Å². The van der Waals surface area contributed by atoms with Crippen LogP contribution >= 0.6 is 0 Å². The molecule has 0 bridgehead atoms. The van der Waals surface area contributed by atoms with Crippen LogP contribution in [0.4, 0.5) is 26.5 Å². The number of carboxylic acid groups (broad SMARTS) is 1. The molecule has 0 fully saturated rings. The van der Waals surface area contributed by atoms with Crippen LogP contribution in [0.1, 0.15) is 47.4 Å². The first-order chi connectivity index (χ1) is 16.8. The fourth-order valence-corrected chi connectivity index (χ4v) is 3.97. The first kappa shape index (κ1) is 25.7. The normalized spacial score (nSPS) is 13.3. The number of halogens is 1. The molecule has 11 nitrogen and oxygen atoms in total. The van der Waals surface area contributed by atoms with Gasteiger partial charge in [0.1, 0.15) is 17.8 Å². The van der Waals surface area contributed by atoms with Crippen molar-refractivity contribution in [2.45, 2.75) is 26.7 Å². The van der Waals surface area contributed by atoms with E-state index in [-0.39, 0.29) is 24.1 Å². The second kappa shape index (κ2) is 11.4. The number of anilines is 3. The molecule has 1 atom stereocenters. The van der Waals surface area contributed by atoms with Crippen LogP contribution in [0.2, 0.25) is 0 Å². The summed E-state index contributed by atoms with van der Waals surface area (Å²) in [5.41, 5.74) is -0.112. The van der Waals surface area contributed by atoms with Gasteiger partial charge in [-0.25, -0.2) is 23.9 Å². The van der Waals surface area contributed by atoms with Gasteiger partial charge in [0.15, 0.2) is 11.6 Å². The first-order valence-electron chi connectivity index (χ1n) is 11.4. The molecule has 0 saturated carbocycles. The number of rotatable bonds is 10. The number of hydrogen-bond donors (Lipinski definition) is 4. The lowest BCUT2D eigenvalue weighted by molar-refractivity contribution is 0.0689. The summed E-state index contributed by atoms with van der Waals surface area (Å²) >= 11 is 0. The standard InChI is InChI=1S/C23H30FN7O4/c1-4-14(11-26-21(32)17-15(22(33)34)7-6-8-16(17)24)9-10-31-13-30(3)18-19(27-12-28-20(18)31)29-23(35)25-5-2/h6-8,12,14H,4-5,9-11,13H2,1-3H3,(H,26,32)(H,33,34)(H2,25,27,28,29,35). The van der Waals surface area contributed by atoms with Gasteiger partial charge in [-0.1, -0.05) is 19.4 Å². The third kappa shape index (κ3) is 5.94. The number of benzene rings is 1. The average Bonchev–Trinajstić information content (AvgIpc) is 3.15. The van der Waals surface area contributed by atoms with Gasteiger partial charge in [-0.3, -0.25) is 10.1 Å². The first-order valence-corrected chi connectivity index (χ1v) is 11.4.